The minimum absolute atomic E-state index is 0.238. The van der Waals surface area contributed by atoms with Crippen molar-refractivity contribution in [2.24, 2.45) is 0 Å². The molecule has 0 heterocycles. The molecule has 0 aliphatic carbocycles. The molecular formula is C13H11IN2O. The van der Waals surface area contributed by atoms with Crippen molar-refractivity contribution < 1.29 is 4.79 Å². The molecule has 3 nitrogen and oxygen atoms in total. The molecule has 0 spiro atoms. The molecule has 0 radical (unpaired) electrons. The van der Waals surface area contributed by atoms with E-state index in [1.165, 1.54) is 0 Å². The van der Waals surface area contributed by atoms with Crippen LogP contribution in [0.1, 0.15) is 0 Å². The lowest BCUT2D eigenvalue weighted by Crippen LogP contribution is -2.19. The lowest BCUT2D eigenvalue weighted by molar-refractivity contribution is 0.262. The summed E-state index contributed by atoms with van der Waals surface area (Å²) in [6, 6.07) is 16.7. The van der Waals surface area contributed by atoms with Gasteiger partial charge in [0.05, 0.1) is 0 Å². The van der Waals surface area contributed by atoms with Crippen LogP contribution in [0.3, 0.4) is 0 Å². The summed E-state index contributed by atoms with van der Waals surface area (Å²) in [5, 5.41) is 5.53. The van der Waals surface area contributed by atoms with Gasteiger partial charge in [-0.2, -0.15) is 0 Å². The zero-order chi connectivity index (χ0) is 12.1. The van der Waals surface area contributed by atoms with Gasteiger partial charge in [0.15, 0.2) is 0 Å². The molecule has 86 valence electrons. The highest BCUT2D eigenvalue weighted by atomic mass is 127. The van der Waals surface area contributed by atoms with Crippen molar-refractivity contribution in [3.63, 3.8) is 0 Å². The number of amides is 2. The van der Waals surface area contributed by atoms with Gasteiger partial charge in [-0.25, -0.2) is 4.79 Å². The Morgan fingerprint density at radius 2 is 1.53 bits per heavy atom. The van der Waals surface area contributed by atoms with Crippen LogP contribution in [0.4, 0.5) is 16.2 Å². The van der Waals surface area contributed by atoms with Gasteiger partial charge in [-0.15, -0.1) is 0 Å². The fraction of sp³-hybridized carbons (Fsp3) is 0. The van der Waals surface area contributed by atoms with Crippen molar-refractivity contribution >= 4 is 40.0 Å². The summed E-state index contributed by atoms with van der Waals surface area (Å²) >= 11 is 2.20. The number of carbonyl (C=O) groups excluding carboxylic acids is 1. The van der Waals surface area contributed by atoms with Crippen molar-refractivity contribution in [3.05, 3.63) is 58.2 Å². The summed E-state index contributed by atoms with van der Waals surface area (Å²) in [5.74, 6) is 0. The molecule has 2 N–H and O–H groups in total. The fourth-order valence-corrected chi connectivity index (χ4v) is 1.92. The lowest BCUT2D eigenvalue weighted by atomic mass is 10.3. The SMILES string of the molecule is O=C(Nc1ccccc1)Nc1cccc(I)c1. The number of urea groups is 1. The number of benzene rings is 2. The number of halogens is 1. The number of rotatable bonds is 2. The Morgan fingerprint density at radius 3 is 2.24 bits per heavy atom. The molecule has 0 unspecified atom stereocenters. The molecule has 2 aromatic rings. The van der Waals surface area contributed by atoms with Crippen LogP contribution in [0.5, 0.6) is 0 Å². The van der Waals surface area contributed by atoms with Crippen molar-refractivity contribution in [2.75, 3.05) is 10.6 Å². The van der Waals surface area contributed by atoms with Crippen molar-refractivity contribution in [3.8, 4) is 0 Å². The first-order chi connectivity index (χ1) is 8.24. The summed E-state index contributed by atoms with van der Waals surface area (Å²) < 4.78 is 1.08. The molecule has 0 saturated carbocycles. The van der Waals surface area contributed by atoms with Crippen LogP contribution < -0.4 is 10.6 Å². The molecule has 2 amide bonds. The number of para-hydroxylation sites is 1. The molecule has 0 bridgehead atoms. The highest BCUT2D eigenvalue weighted by Gasteiger charge is 2.01. The number of hydrogen-bond acceptors (Lipinski definition) is 1. The first-order valence-electron chi connectivity index (χ1n) is 5.13. The summed E-state index contributed by atoms with van der Waals surface area (Å²) in [6.45, 7) is 0. The van der Waals surface area contributed by atoms with Crippen LogP contribution in [-0.2, 0) is 0 Å². The lowest BCUT2D eigenvalue weighted by Gasteiger charge is -2.07. The molecule has 0 fully saturated rings. The van der Waals surface area contributed by atoms with Gasteiger partial charge in [0.25, 0.3) is 0 Å². The first kappa shape index (κ1) is 11.9. The van der Waals surface area contributed by atoms with Gasteiger partial charge in [-0.05, 0) is 52.9 Å². The van der Waals surface area contributed by atoms with E-state index in [-0.39, 0.29) is 6.03 Å². The molecule has 0 atom stereocenters. The van der Waals surface area contributed by atoms with Crippen molar-refractivity contribution in [2.45, 2.75) is 0 Å². The fourth-order valence-electron chi connectivity index (χ4n) is 1.38. The maximum absolute atomic E-state index is 11.7. The second-order valence-electron chi connectivity index (χ2n) is 3.46. The van der Waals surface area contributed by atoms with Gasteiger partial charge in [-0.1, -0.05) is 24.3 Å². The molecule has 0 aromatic heterocycles. The molecule has 0 aliphatic rings. The summed E-state index contributed by atoms with van der Waals surface area (Å²) in [6.07, 6.45) is 0. The second-order valence-corrected chi connectivity index (χ2v) is 4.70. The van der Waals surface area contributed by atoms with Crippen LogP contribution in [0.25, 0.3) is 0 Å². The summed E-state index contributed by atoms with van der Waals surface area (Å²) in [4.78, 5) is 11.7. The highest BCUT2D eigenvalue weighted by Crippen LogP contribution is 2.13. The normalized spacial score (nSPS) is 9.71. The zero-order valence-corrected chi connectivity index (χ0v) is 11.1. The molecular weight excluding hydrogens is 327 g/mol. The van der Waals surface area contributed by atoms with E-state index in [0.717, 1.165) is 14.9 Å². The maximum Gasteiger partial charge on any atom is 0.323 e. The van der Waals surface area contributed by atoms with E-state index >= 15 is 0 Å². The Balaban J connectivity index is 1.98. The maximum atomic E-state index is 11.7. The summed E-state index contributed by atoms with van der Waals surface area (Å²) in [5.41, 5.74) is 1.56. The zero-order valence-electron chi connectivity index (χ0n) is 8.98. The van der Waals surface area contributed by atoms with Gasteiger partial charge in [0.2, 0.25) is 0 Å². The van der Waals surface area contributed by atoms with Crippen molar-refractivity contribution in [1.29, 1.82) is 0 Å². The molecule has 0 saturated heterocycles. The molecule has 0 aliphatic heterocycles. The number of anilines is 2. The quantitative estimate of drug-likeness (QED) is 0.801. The number of nitrogens with one attached hydrogen (secondary N) is 2. The smallest absolute Gasteiger partial charge is 0.308 e. The highest BCUT2D eigenvalue weighted by molar-refractivity contribution is 14.1. The first-order valence-corrected chi connectivity index (χ1v) is 6.20. The van der Waals surface area contributed by atoms with E-state index in [0.29, 0.717) is 0 Å². The standard InChI is InChI=1S/C13H11IN2O/c14-10-5-4-8-12(9-10)16-13(17)15-11-6-2-1-3-7-11/h1-9H,(H2,15,16,17). The third kappa shape index (κ3) is 3.74. The monoisotopic (exact) mass is 338 g/mol. The van der Waals surface area contributed by atoms with Gasteiger partial charge in [0.1, 0.15) is 0 Å². The Kier molecular flexibility index (Phi) is 3.98. The Labute approximate surface area is 113 Å². The predicted octanol–water partition coefficient (Wildman–Crippen LogP) is 3.94. The van der Waals surface area contributed by atoms with Gasteiger partial charge >= 0.3 is 6.03 Å². The van der Waals surface area contributed by atoms with E-state index in [1.54, 1.807) is 0 Å². The van der Waals surface area contributed by atoms with Crippen LogP contribution in [0.15, 0.2) is 54.6 Å². The van der Waals surface area contributed by atoms with Gasteiger partial charge in [0, 0.05) is 14.9 Å². The third-order valence-electron chi connectivity index (χ3n) is 2.11. The van der Waals surface area contributed by atoms with E-state index in [4.69, 9.17) is 0 Å². The molecule has 2 aromatic carbocycles. The average molecular weight is 338 g/mol. The third-order valence-corrected chi connectivity index (χ3v) is 2.79. The predicted molar refractivity (Wildman–Crippen MR) is 78.2 cm³/mol. The van der Waals surface area contributed by atoms with Gasteiger partial charge < -0.3 is 10.6 Å². The Hall–Kier alpha value is -1.56. The molecule has 4 heteroatoms. The topological polar surface area (TPSA) is 41.1 Å². The second kappa shape index (κ2) is 5.67. The molecule has 17 heavy (non-hydrogen) atoms. The van der Waals surface area contributed by atoms with E-state index < -0.39 is 0 Å². The minimum Gasteiger partial charge on any atom is -0.308 e. The van der Waals surface area contributed by atoms with E-state index in [9.17, 15) is 4.79 Å². The van der Waals surface area contributed by atoms with Crippen LogP contribution in [-0.4, -0.2) is 6.03 Å². The van der Waals surface area contributed by atoms with E-state index in [1.807, 2.05) is 54.6 Å². The van der Waals surface area contributed by atoms with E-state index in [2.05, 4.69) is 33.2 Å². The Bertz CT molecular complexity index is 514. The van der Waals surface area contributed by atoms with Crippen LogP contribution >= 0.6 is 22.6 Å². The molecule has 2 rings (SSSR count). The number of hydrogen-bond donors (Lipinski definition) is 2. The minimum atomic E-state index is -0.238. The number of carbonyl (C=O) groups is 1. The van der Waals surface area contributed by atoms with Crippen molar-refractivity contribution in [1.82, 2.24) is 0 Å². The van der Waals surface area contributed by atoms with Gasteiger partial charge in [-0.3, -0.25) is 0 Å². The van der Waals surface area contributed by atoms with Crippen LogP contribution in [0.2, 0.25) is 0 Å². The Morgan fingerprint density at radius 1 is 0.882 bits per heavy atom. The largest absolute Gasteiger partial charge is 0.323 e. The summed E-state index contributed by atoms with van der Waals surface area (Å²) in [7, 11) is 0. The average Bonchev–Trinajstić information content (AvgIpc) is 2.30. The van der Waals surface area contributed by atoms with Crippen LogP contribution in [0, 0.1) is 3.57 Å².